The van der Waals surface area contributed by atoms with Gasteiger partial charge < -0.3 is 10.1 Å². The van der Waals surface area contributed by atoms with E-state index in [2.05, 4.69) is 5.32 Å². The number of nitro groups is 1. The molecule has 0 spiro atoms. The Morgan fingerprint density at radius 3 is 2.32 bits per heavy atom. The zero-order valence-electron chi connectivity index (χ0n) is 13.9. The van der Waals surface area contributed by atoms with E-state index in [1.807, 2.05) is 18.2 Å². The number of esters is 1. The van der Waals surface area contributed by atoms with Gasteiger partial charge in [0.25, 0.3) is 11.6 Å². The molecule has 25 heavy (non-hydrogen) atoms. The molecule has 0 aliphatic carbocycles. The van der Waals surface area contributed by atoms with Gasteiger partial charge in [0.2, 0.25) is 0 Å². The van der Waals surface area contributed by atoms with Crippen LogP contribution in [0.3, 0.4) is 0 Å². The van der Waals surface area contributed by atoms with E-state index >= 15 is 0 Å². The summed E-state index contributed by atoms with van der Waals surface area (Å²) in [5.74, 6) is -1.21. The molecule has 1 N–H and O–H groups in total. The Balaban J connectivity index is 1.98. The highest BCUT2D eigenvalue weighted by molar-refractivity contribution is 5.95. The van der Waals surface area contributed by atoms with Gasteiger partial charge in [-0.05, 0) is 25.5 Å². The molecule has 7 nitrogen and oxygen atoms in total. The first-order valence-corrected chi connectivity index (χ1v) is 7.58. The van der Waals surface area contributed by atoms with Crippen molar-refractivity contribution >= 4 is 23.3 Å². The van der Waals surface area contributed by atoms with Gasteiger partial charge in [-0.25, -0.2) is 0 Å². The Bertz CT molecular complexity index is 787. The topological polar surface area (TPSA) is 98.5 Å². The van der Waals surface area contributed by atoms with Crippen LogP contribution in [0.15, 0.2) is 54.6 Å². The maximum Gasteiger partial charge on any atom is 0.316 e. The van der Waals surface area contributed by atoms with Crippen LogP contribution in [0, 0.1) is 10.1 Å². The van der Waals surface area contributed by atoms with Crippen molar-refractivity contribution in [3.8, 4) is 0 Å². The first kappa shape index (κ1) is 18.1. The highest BCUT2D eigenvalue weighted by atomic mass is 16.6. The number of nitro benzene ring substituents is 1. The van der Waals surface area contributed by atoms with Gasteiger partial charge in [0.15, 0.2) is 6.61 Å². The summed E-state index contributed by atoms with van der Waals surface area (Å²) in [5, 5.41) is 13.3. The molecule has 0 aliphatic rings. The number of nitrogens with zero attached hydrogens (tertiary/aromatic N) is 1. The molecule has 0 bridgehead atoms. The number of benzene rings is 2. The van der Waals surface area contributed by atoms with Crippen LogP contribution in [0.4, 0.5) is 11.4 Å². The SMILES string of the molecule is CC(C)(C(=O)OCC(=O)Nc1ccccc1[N+](=O)[O-])c1ccccc1. The van der Waals surface area contributed by atoms with Crippen LogP contribution < -0.4 is 5.32 Å². The van der Waals surface area contributed by atoms with E-state index in [0.717, 1.165) is 5.56 Å². The number of para-hydroxylation sites is 2. The monoisotopic (exact) mass is 342 g/mol. The maximum absolute atomic E-state index is 12.3. The molecule has 2 rings (SSSR count). The fraction of sp³-hybridized carbons (Fsp3) is 0.222. The first-order valence-electron chi connectivity index (χ1n) is 7.58. The van der Waals surface area contributed by atoms with Gasteiger partial charge in [-0.2, -0.15) is 0 Å². The highest BCUT2D eigenvalue weighted by Crippen LogP contribution is 2.25. The van der Waals surface area contributed by atoms with E-state index < -0.39 is 28.8 Å². The predicted molar refractivity (Wildman–Crippen MR) is 92.2 cm³/mol. The Labute approximate surface area is 144 Å². The normalized spacial score (nSPS) is 10.8. The molecule has 0 fully saturated rings. The van der Waals surface area contributed by atoms with E-state index in [0.29, 0.717) is 0 Å². The molecule has 130 valence electrons. The molecule has 7 heteroatoms. The lowest BCUT2D eigenvalue weighted by Gasteiger charge is -2.22. The van der Waals surface area contributed by atoms with Crippen molar-refractivity contribution in [2.45, 2.75) is 19.3 Å². The number of hydrogen-bond acceptors (Lipinski definition) is 5. The summed E-state index contributed by atoms with van der Waals surface area (Å²) in [4.78, 5) is 34.6. The Morgan fingerprint density at radius 1 is 1.08 bits per heavy atom. The minimum absolute atomic E-state index is 0.0517. The lowest BCUT2D eigenvalue weighted by Crippen LogP contribution is -2.33. The Kier molecular flexibility index (Phi) is 5.49. The number of amides is 1. The molecule has 2 aromatic rings. The zero-order chi connectivity index (χ0) is 18.4. The van der Waals surface area contributed by atoms with Gasteiger partial charge >= 0.3 is 5.97 Å². The second-order valence-corrected chi connectivity index (χ2v) is 5.89. The van der Waals surface area contributed by atoms with Crippen molar-refractivity contribution in [3.05, 3.63) is 70.3 Å². The third-order valence-corrected chi connectivity index (χ3v) is 3.71. The minimum atomic E-state index is -0.916. The summed E-state index contributed by atoms with van der Waals surface area (Å²) < 4.78 is 5.07. The molecular formula is C18H18N2O5. The number of ether oxygens (including phenoxy) is 1. The molecule has 0 radical (unpaired) electrons. The maximum atomic E-state index is 12.3. The number of carbonyl (C=O) groups is 2. The quantitative estimate of drug-likeness (QED) is 0.494. The van der Waals surface area contributed by atoms with Crippen LogP contribution in [0.1, 0.15) is 19.4 Å². The van der Waals surface area contributed by atoms with Crippen molar-refractivity contribution in [2.24, 2.45) is 0 Å². The van der Waals surface area contributed by atoms with Crippen LogP contribution in [-0.2, 0) is 19.7 Å². The van der Waals surface area contributed by atoms with Gasteiger partial charge in [-0.15, -0.1) is 0 Å². The summed E-state index contributed by atoms with van der Waals surface area (Å²) >= 11 is 0. The van der Waals surface area contributed by atoms with Crippen molar-refractivity contribution in [2.75, 3.05) is 11.9 Å². The van der Waals surface area contributed by atoms with E-state index in [9.17, 15) is 19.7 Å². The third-order valence-electron chi connectivity index (χ3n) is 3.71. The fourth-order valence-corrected chi connectivity index (χ4v) is 2.21. The summed E-state index contributed by atoms with van der Waals surface area (Å²) in [7, 11) is 0. The van der Waals surface area contributed by atoms with E-state index in [-0.39, 0.29) is 11.4 Å². The van der Waals surface area contributed by atoms with Gasteiger partial charge in [0, 0.05) is 6.07 Å². The van der Waals surface area contributed by atoms with Crippen molar-refractivity contribution in [1.29, 1.82) is 0 Å². The molecule has 0 unspecified atom stereocenters. The molecule has 0 aliphatic heterocycles. The molecule has 0 aromatic heterocycles. The second-order valence-electron chi connectivity index (χ2n) is 5.89. The lowest BCUT2D eigenvalue weighted by atomic mass is 9.85. The Hall–Kier alpha value is -3.22. The number of rotatable bonds is 6. The molecule has 0 saturated carbocycles. The zero-order valence-corrected chi connectivity index (χ0v) is 13.9. The molecule has 0 saturated heterocycles. The molecule has 0 heterocycles. The molecule has 0 atom stereocenters. The van der Waals surface area contributed by atoms with Gasteiger partial charge in [-0.3, -0.25) is 19.7 Å². The average molecular weight is 342 g/mol. The summed E-state index contributed by atoms with van der Waals surface area (Å²) in [5.41, 5.74) is -0.331. The van der Waals surface area contributed by atoms with Crippen LogP contribution in [0.2, 0.25) is 0 Å². The van der Waals surface area contributed by atoms with Crippen molar-refractivity contribution in [1.82, 2.24) is 0 Å². The minimum Gasteiger partial charge on any atom is -0.455 e. The van der Waals surface area contributed by atoms with Crippen LogP contribution in [-0.4, -0.2) is 23.4 Å². The van der Waals surface area contributed by atoms with Crippen LogP contribution in [0.25, 0.3) is 0 Å². The standard InChI is InChI=1S/C18H18N2O5/c1-18(2,13-8-4-3-5-9-13)17(22)25-12-16(21)19-14-10-6-7-11-15(14)20(23)24/h3-11H,12H2,1-2H3,(H,19,21). The summed E-state index contributed by atoms with van der Waals surface area (Å²) in [6, 6.07) is 14.8. The van der Waals surface area contributed by atoms with E-state index in [1.54, 1.807) is 32.0 Å². The van der Waals surface area contributed by atoms with Crippen LogP contribution >= 0.6 is 0 Å². The Morgan fingerprint density at radius 2 is 1.68 bits per heavy atom. The lowest BCUT2D eigenvalue weighted by molar-refractivity contribution is -0.383. The predicted octanol–water partition coefficient (Wildman–Crippen LogP) is 3.05. The van der Waals surface area contributed by atoms with Crippen molar-refractivity contribution in [3.63, 3.8) is 0 Å². The second kappa shape index (κ2) is 7.57. The number of carbonyl (C=O) groups excluding carboxylic acids is 2. The van der Waals surface area contributed by atoms with Crippen LogP contribution in [0.5, 0.6) is 0 Å². The highest BCUT2D eigenvalue weighted by Gasteiger charge is 2.31. The summed E-state index contributed by atoms with van der Waals surface area (Å²) in [6.07, 6.45) is 0. The molecule has 1 amide bonds. The number of hydrogen-bond donors (Lipinski definition) is 1. The van der Waals surface area contributed by atoms with Crippen molar-refractivity contribution < 1.29 is 19.2 Å². The van der Waals surface area contributed by atoms with Gasteiger partial charge in [0.1, 0.15) is 5.69 Å². The number of nitrogens with one attached hydrogen (secondary N) is 1. The van der Waals surface area contributed by atoms with E-state index in [1.165, 1.54) is 18.2 Å². The largest absolute Gasteiger partial charge is 0.455 e. The number of anilines is 1. The smallest absolute Gasteiger partial charge is 0.316 e. The fourth-order valence-electron chi connectivity index (χ4n) is 2.21. The third kappa shape index (κ3) is 4.41. The molecular weight excluding hydrogens is 324 g/mol. The van der Waals surface area contributed by atoms with Gasteiger partial charge in [0.05, 0.1) is 10.3 Å². The average Bonchev–Trinajstić information content (AvgIpc) is 2.60. The molecule has 2 aromatic carbocycles. The van der Waals surface area contributed by atoms with E-state index in [4.69, 9.17) is 4.74 Å². The summed E-state index contributed by atoms with van der Waals surface area (Å²) in [6.45, 7) is 2.87. The first-order chi connectivity index (χ1) is 11.8. The van der Waals surface area contributed by atoms with Gasteiger partial charge in [-0.1, -0.05) is 42.5 Å².